The Morgan fingerprint density at radius 2 is 2.04 bits per heavy atom. The molecule has 0 amide bonds. The lowest BCUT2D eigenvalue weighted by Crippen LogP contribution is -2.35. The molecule has 6 nitrogen and oxygen atoms in total. The predicted octanol–water partition coefficient (Wildman–Crippen LogP) is 2.59. The molecule has 2 aromatic heterocycles. The average Bonchev–Trinajstić information content (AvgIpc) is 2.91. The molecular weight excluding hydrogens is 290 g/mol. The van der Waals surface area contributed by atoms with Crippen LogP contribution in [0.4, 0.5) is 11.8 Å². The Morgan fingerprint density at radius 1 is 1.26 bits per heavy atom. The Hall–Kier alpha value is -2.08. The van der Waals surface area contributed by atoms with Gasteiger partial charge in [0.25, 0.3) is 0 Å². The zero-order valence-electron chi connectivity index (χ0n) is 13.9. The summed E-state index contributed by atoms with van der Waals surface area (Å²) in [6.07, 6.45) is 2.37. The minimum Gasteiger partial charge on any atom is -0.465 e. The van der Waals surface area contributed by atoms with Crippen LogP contribution >= 0.6 is 0 Å². The van der Waals surface area contributed by atoms with E-state index in [-0.39, 0.29) is 0 Å². The van der Waals surface area contributed by atoms with Gasteiger partial charge in [0.05, 0.1) is 6.54 Å². The lowest BCUT2D eigenvalue weighted by molar-refractivity contribution is 0.170. The van der Waals surface area contributed by atoms with Gasteiger partial charge in [0, 0.05) is 18.3 Å². The van der Waals surface area contributed by atoms with Crippen molar-refractivity contribution in [3.8, 4) is 0 Å². The van der Waals surface area contributed by atoms with Gasteiger partial charge in [-0.2, -0.15) is 4.98 Å². The van der Waals surface area contributed by atoms with Gasteiger partial charge in [0.2, 0.25) is 5.95 Å². The second-order valence-electron chi connectivity index (χ2n) is 6.37. The third kappa shape index (κ3) is 4.45. The van der Waals surface area contributed by atoms with E-state index in [9.17, 15) is 0 Å². The van der Waals surface area contributed by atoms with Gasteiger partial charge in [0.1, 0.15) is 17.3 Å². The maximum atomic E-state index is 5.68. The first-order chi connectivity index (χ1) is 11.1. The number of anilines is 2. The minimum atomic E-state index is 0.330. The molecule has 1 saturated heterocycles. The van der Waals surface area contributed by atoms with Crippen molar-refractivity contribution >= 4 is 11.8 Å². The Morgan fingerprint density at radius 3 is 2.70 bits per heavy atom. The Labute approximate surface area is 137 Å². The molecule has 0 bridgehead atoms. The van der Waals surface area contributed by atoms with E-state index in [1.165, 1.54) is 12.8 Å². The van der Waals surface area contributed by atoms with E-state index >= 15 is 0 Å². The van der Waals surface area contributed by atoms with Crippen LogP contribution in [0.2, 0.25) is 0 Å². The number of aryl methyl sites for hydroxylation is 2. The van der Waals surface area contributed by atoms with Crippen molar-refractivity contribution in [3.63, 3.8) is 0 Å². The summed E-state index contributed by atoms with van der Waals surface area (Å²) in [5.41, 5.74) is 6.58. The van der Waals surface area contributed by atoms with Gasteiger partial charge in [-0.05, 0) is 57.8 Å². The Bertz CT molecular complexity index is 626. The quantitative estimate of drug-likeness (QED) is 0.883. The van der Waals surface area contributed by atoms with Crippen molar-refractivity contribution < 1.29 is 4.42 Å². The maximum Gasteiger partial charge on any atom is 0.222 e. The molecule has 6 heteroatoms. The van der Waals surface area contributed by atoms with Crippen LogP contribution in [0.1, 0.15) is 30.1 Å². The van der Waals surface area contributed by atoms with E-state index in [0.29, 0.717) is 11.9 Å². The van der Waals surface area contributed by atoms with Crippen LogP contribution in [0, 0.1) is 19.8 Å². The molecule has 1 aliphatic rings. The van der Waals surface area contributed by atoms with Crippen molar-refractivity contribution in [2.45, 2.75) is 33.2 Å². The molecule has 0 saturated carbocycles. The van der Waals surface area contributed by atoms with Gasteiger partial charge in [0.15, 0.2) is 0 Å². The standard InChI is InChI=1S/C17H25N5O/c1-12-9-16(21-17(18)20-12)19-10-14-5-7-22(8-6-14)11-15-4-3-13(2)23-15/h3-4,9,14H,5-8,10-11H2,1-2H3,(H3,18,19,20,21). The smallest absolute Gasteiger partial charge is 0.222 e. The van der Waals surface area contributed by atoms with Crippen molar-refractivity contribution in [2.75, 3.05) is 30.7 Å². The van der Waals surface area contributed by atoms with Crippen molar-refractivity contribution in [1.82, 2.24) is 14.9 Å². The number of nitrogens with two attached hydrogens (primary N) is 1. The number of nitrogens with zero attached hydrogens (tertiary/aromatic N) is 3. The molecule has 0 unspecified atom stereocenters. The summed E-state index contributed by atoms with van der Waals surface area (Å²) in [6, 6.07) is 6.04. The molecule has 0 aromatic carbocycles. The molecule has 3 N–H and O–H groups in total. The molecule has 1 aliphatic heterocycles. The highest BCUT2D eigenvalue weighted by molar-refractivity contribution is 5.40. The number of likely N-dealkylation sites (tertiary alicyclic amines) is 1. The first kappa shape index (κ1) is 15.8. The maximum absolute atomic E-state index is 5.68. The summed E-state index contributed by atoms with van der Waals surface area (Å²) >= 11 is 0. The summed E-state index contributed by atoms with van der Waals surface area (Å²) in [7, 11) is 0. The average molecular weight is 315 g/mol. The Balaban J connectivity index is 1.44. The van der Waals surface area contributed by atoms with Crippen LogP contribution in [0.15, 0.2) is 22.6 Å². The van der Waals surface area contributed by atoms with Crippen LogP contribution in [0.3, 0.4) is 0 Å². The van der Waals surface area contributed by atoms with E-state index < -0.39 is 0 Å². The van der Waals surface area contributed by atoms with Crippen LogP contribution in [0.5, 0.6) is 0 Å². The molecule has 0 aliphatic carbocycles. The zero-order chi connectivity index (χ0) is 16.2. The number of nitrogens with one attached hydrogen (secondary N) is 1. The number of aromatic nitrogens is 2. The fraction of sp³-hybridized carbons (Fsp3) is 0.529. The molecule has 124 valence electrons. The molecule has 3 heterocycles. The fourth-order valence-corrected chi connectivity index (χ4v) is 3.07. The minimum absolute atomic E-state index is 0.330. The first-order valence-electron chi connectivity index (χ1n) is 8.21. The molecule has 1 fully saturated rings. The van der Waals surface area contributed by atoms with E-state index in [1.54, 1.807) is 0 Å². The van der Waals surface area contributed by atoms with Gasteiger partial charge < -0.3 is 15.5 Å². The van der Waals surface area contributed by atoms with Gasteiger partial charge in [-0.3, -0.25) is 4.90 Å². The van der Waals surface area contributed by atoms with Crippen LogP contribution < -0.4 is 11.1 Å². The van der Waals surface area contributed by atoms with Gasteiger partial charge in [-0.25, -0.2) is 4.98 Å². The van der Waals surface area contributed by atoms with Crippen molar-refractivity contribution in [1.29, 1.82) is 0 Å². The molecule has 23 heavy (non-hydrogen) atoms. The number of hydrogen-bond acceptors (Lipinski definition) is 6. The summed E-state index contributed by atoms with van der Waals surface area (Å²) in [6.45, 7) is 7.98. The molecule has 2 aromatic rings. The fourth-order valence-electron chi connectivity index (χ4n) is 3.07. The number of hydrogen-bond donors (Lipinski definition) is 2. The highest BCUT2D eigenvalue weighted by atomic mass is 16.3. The number of nitrogen functional groups attached to an aromatic ring is 1. The normalized spacial score (nSPS) is 16.6. The lowest BCUT2D eigenvalue weighted by Gasteiger charge is -2.31. The Kier molecular flexibility index (Phi) is 4.81. The molecule has 3 rings (SSSR count). The van der Waals surface area contributed by atoms with E-state index in [2.05, 4.69) is 26.3 Å². The van der Waals surface area contributed by atoms with Crippen LogP contribution in [-0.2, 0) is 6.54 Å². The third-order valence-electron chi connectivity index (χ3n) is 4.33. The molecule has 0 radical (unpaired) electrons. The van der Waals surface area contributed by atoms with E-state index in [4.69, 9.17) is 10.2 Å². The van der Waals surface area contributed by atoms with E-state index in [0.717, 1.165) is 49.2 Å². The lowest BCUT2D eigenvalue weighted by atomic mass is 9.96. The van der Waals surface area contributed by atoms with Crippen molar-refractivity contribution in [2.24, 2.45) is 5.92 Å². The molecular formula is C17H25N5O. The SMILES string of the molecule is Cc1cc(NCC2CCN(Cc3ccc(C)o3)CC2)nc(N)n1. The highest BCUT2D eigenvalue weighted by Crippen LogP contribution is 2.20. The predicted molar refractivity (Wildman–Crippen MR) is 91.1 cm³/mol. The van der Waals surface area contributed by atoms with Gasteiger partial charge in [-0.1, -0.05) is 0 Å². The van der Waals surface area contributed by atoms with E-state index in [1.807, 2.05) is 26.0 Å². The summed E-state index contributed by atoms with van der Waals surface area (Å²) < 4.78 is 5.66. The molecule has 0 atom stereocenters. The summed E-state index contributed by atoms with van der Waals surface area (Å²) in [5, 5.41) is 3.40. The second kappa shape index (κ2) is 7.00. The number of rotatable bonds is 5. The monoisotopic (exact) mass is 315 g/mol. The first-order valence-corrected chi connectivity index (χ1v) is 8.21. The highest BCUT2D eigenvalue weighted by Gasteiger charge is 2.20. The second-order valence-corrected chi connectivity index (χ2v) is 6.37. The summed E-state index contributed by atoms with van der Waals surface area (Å²) in [5.74, 6) is 3.87. The number of furan rings is 1. The van der Waals surface area contributed by atoms with Gasteiger partial charge in [-0.15, -0.1) is 0 Å². The number of piperidine rings is 1. The van der Waals surface area contributed by atoms with Crippen molar-refractivity contribution in [3.05, 3.63) is 35.4 Å². The van der Waals surface area contributed by atoms with Crippen LogP contribution in [0.25, 0.3) is 0 Å². The largest absolute Gasteiger partial charge is 0.465 e. The zero-order valence-corrected chi connectivity index (χ0v) is 13.9. The third-order valence-corrected chi connectivity index (χ3v) is 4.33. The topological polar surface area (TPSA) is 80.2 Å². The summed E-state index contributed by atoms with van der Waals surface area (Å²) in [4.78, 5) is 10.8. The van der Waals surface area contributed by atoms with Gasteiger partial charge >= 0.3 is 0 Å². The molecule has 0 spiro atoms. The van der Waals surface area contributed by atoms with Crippen LogP contribution in [-0.4, -0.2) is 34.5 Å².